The number of nitrogens with one attached hydrogen (secondary N) is 1. The van der Waals surface area contributed by atoms with E-state index in [1.807, 2.05) is 36.4 Å². The van der Waals surface area contributed by atoms with Crippen molar-refractivity contribution in [2.24, 2.45) is 11.7 Å². The fraction of sp³-hybridized carbons (Fsp3) is 0.312. The molecule has 0 aliphatic carbocycles. The van der Waals surface area contributed by atoms with Crippen molar-refractivity contribution in [3.05, 3.63) is 40.9 Å². The highest BCUT2D eigenvalue weighted by Crippen LogP contribution is 2.30. The lowest BCUT2D eigenvalue weighted by Gasteiger charge is -2.11. The van der Waals surface area contributed by atoms with Crippen molar-refractivity contribution in [2.45, 2.75) is 19.8 Å². The standard InChI is InChI=1S/C16H19BrN2O/c1-11(10-18)6-9-16(20)19-15-8-7-14(17)12-4-2-3-5-13(12)15/h2-5,7-8,11H,6,9-10,18H2,1H3,(H,19,20). The van der Waals surface area contributed by atoms with E-state index >= 15 is 0 Å². The first-order chi connectivity index (χ1) is 9.61. The highest BCUT2D eigenvalue weighted by atomic mass is 79.9. The SMILES string of the molecule is CC(CN)CCC(=O)Nc1ccc(Br)c2ccccc12. The summed E-state index contributed by atoms with van der Waals surface area (Å²) < 4.78 is 1.03. The Morgan fingerprint density at radius 2 is 1.95 bits per heavy atom. The Bertz CT molecular complexity index is 612. The number of fused-ring (bicyclic) bond motifs is 1. The average Bonchev–Trinajstić information content (AvgIpc) is 2.48. The van der Waals surface area contributed by atoms with Gasteiger partial charge in [-0.15, -0.1) is 0 Å². The summed E-state index contributed by atoms with van der Waals surface area (Å²) in [5.41, 5.74) is 6.42. The Kier molecular flexibility index (Phi) is 5.15. The number of halogens is 1. The van der Waals surface area contributed by atoms with Crippen LogP contribution in [-0.4, -0.2) is 12.5 Å². The minimum absolute atomic E-state index is 0.0396. The number of rotatable bonds is 5. The molecule has 2 aromatic carbocycles. The molecular formula is C16H19BrN2O. The molecule has 3 nitrogen and oxygen atoms in total. The van der Waals surface area contributed by atoms with Crippen LogP contribution in [0.25, 0.3) is 10.8 Å². The van der Waals surface area contributed by atoms with Crippen molar-refractivity contribution >= 4 is 38.3 Å². The topological polar surface area (TPSA) is 55.1 Å². The van der Waals surface area contributed by atoms with E-state index < -0.39 is 0 Å². The zero-order valence-corrected chi connectivity index (χ0v) is 13.1. The molecule has 0 saturated heterocycles. The summed E-state index contributed by atoms with van der Waals surface area (Å²) in [6.45, 7) is 2.68. The second kappa shape index (κ2) is 6.86. The number of hydrogen-bond donors (Lipinski definition) is 2. The highest BCUT2D eigenvalue weighted by Gasteiger charge is 2.09. The Labute approximate surface area is 127 Å². The number of amides is 1. The number of hydrogen-bond acceptors (Lipinski definition) is 2. The van der Waals surface area contributed by atoms with Crippen LogP contribution in [-0.2, 0) is 4.79 Å². The summed E-state index contributed by atoms with van der Waals surface area (Å²) in [7, 11) is 0. The van der Waals surface area contributed by atoms with Gasteiger partial charge in [-0.25, -0.2) is 0 Å². The maximum atomic E-state index is 12.0. The average molecular weight is 335 g/mol. The van der Waals surface area contributed by atoms with Gasteiger partial charge in [0.05, 0.1) is 0 Å². The maximum Gasteiger partial charge on any atom is 0.224 e. The summed E-state index contributed by atoms with van der Waals surface area (Å²) in [4.78, 5) is 12.0. The normalized spacial score (nSPS) is 12.3. The molecule has 1 unspecified atom stereocenters. The van der Waals surface area contributed by atoms with E-state index in [4.69, 9.17) is 5.73 Å². The van der Waals surface area contributed by atoms with Crippen LogP contribution in [0.2, 0.25) is 0 Å². The number of nitrogens with two attached hydrogens (primary N) is 1. The largest absolute Gasteiger partial charge is 0.330 e. The molecule has 20 heavy (non-hydrogen) atoms. The molecule has 2 rings (SSSR count). The molecule has 1 amide bonds. The van der Waals surface area contributed by atoms with Crippen molar-refractivity contribution in [3.63, 3.8) is 0 Å². The van der Waals surface area contributed by atoms with E-state index in [-0.39, 0.29) is 5.91 Å². The number of carbonyl (C=O) groups is 1. The van der Waals surface area contributed by atoms with Gasteiger partial charge in [-0.1, -0.05) is 47.1 Å². The van der Waals surface area contributed by atoms with Gasteiger partial charge < -0.3 is 11.1 Å². The lowest BCUT2D eigenvalue weighted by molar-refractivity contribution is -0.116. The monoisotopic (exact) mass is 334 g/mol. The van der Waals surface area contributed by atoms with Crippen molar-refractivity contribution in [3.8, 4) is 0 Å². The summed E-state index contributed by atoms with van der Waals surface area (Å²) in [5, 5.41) is 5.13. The van der Waals surface area contributed by atoms with Gasteiger partial charge in [0.1, 0.15) is 0 Å². The fourth-order valence-electron chi connectivity index (χ4n) is 2.08. The molecule has 106 valence electrons. The van der Waals surface area contributed by atoms with E-state index in [1.165, 1.54) is 0 Å². The van der Waals surface area contributed by atoms with Gasteiger partial charge in [0.15, 0.2) is 0 Å². The molecular weight excluding hydrogens is 316 g/mol. The Balaban J connectivity index is 2.14. The van der Waals surface area contributed by atoms with Crippen molar-refractivity contribution in [1.29, 1.82) is 0 Å². The molecule has 4 heteroatoms. The quantitative estimate of drug-likeness (QED) is 0.870. The smallest absolute Gasteiger partial charge is 0.224 e. The molecule has 0 spiro atoms. The van der Waals surface area contributed by atoms with E-state index in [0.29, 0.717) is 18.9 Å². The highest BCUT2D eigenvalue weighted by molar-refractivity contribution is 9.10. The first-order valence-corrected chi connectivity index (χ1v) is 7.58. The minimum atomic E-state index is 0.0396. The van der Waals surface area contributed by atoms with E-state index in [1.54, 1.807) is 0 Å². The molecule has 0 aromatic heterocycles. The Hall–Kier alpha value is -1.39. The van der Waals surface area contributed by atoms with Crippen LogP contribution in [0, 0.1) is 5.92 Å². The molecule has 0 saturated carbocycles. The van der Waals surface area contributed by atoms with E-state index in [2.05, 4.69) is 28.2 Å². The predicted molar refractivity (Wildman–Crippen MR) is 87.7 cm³/mol. The van der Waals surface area contributed by atoms with Crippen LogP contribution in [0.5, 0.6) is 0 Å². The minimum Gasteiger partial charge on any atom is -0.330 e. The van der Waals surface area contributed by atoms with Crippen molar-refractivity contribution in [2.75, 3.05) is 11.9 Å². The number of carbonyl (C=O) groups excluding carboxylic acids is 1. The van der Waals surface area contributed by atoms with Crippen LogP contribution in [0.15, 0.2) is 40.9 Å². The molecule has 1 atom stereocenters. The number of benzene rings is 2. The zero-order valence-electron chi connectivity index (χ0n) is 11.5. The third-order valence-electron chi connectivity index (χ3n) is 3.41. The number of anilines is 1. The third-order valence-corrected chi connectivity index (χ3v) is 4.10. The predicted octanol–water partition coefficient (Wildman–Crippen LogP) is 3.92. The van der Waals surface area contributed by atoms with Crippen molar-refractivity contribution in [1.82, 2.24) is 0 Å². The van der Waals surface area contributed by atoms with Gasteiger partial charge in [-0.3, -0.25) is 4.79 Å². The summed E-state index contributed by atoms with van der Waals surface area (Å²) in [5.74, 6) is 0.417. The van der Waals surface area contributed by atoms with Gasteiger partial charge in [0.2, 0.25) is 5.91 Å². The molecule has 0 aliphatic heterocycles. The Morgan fingerprint density at radius 1 is 1.25 bits per heavy atom. The molecule has 2 aromatic rings. The van der Waals surface area contributed by atoms with Crippen LogP contribution >= 0.6 is 15.9 Å². The second-order valence-electron chi connectivity index (χ2n) is 5.07. The summed E-state index contributed by atoms with van der Waals surface area (Å²) in [6.07, 6.45) is 1.32. The third kappa shape index (κ3) is 3.58. The molecule has 0 aliphatic rings. The van der Waals surface area contributed by atoms with Crippen LogP contribution in [0.1, 0.15) is 19.8 Å². The lowest BCUT2D eigenvalue weighted by Crippen LogP contribution is -2.16. The molecule has 3 N–H and O–H groups in total. The molecule has 0 heterocycles. The first kappa shape index (κ1) is 15.0. The van der Waals surface area contributed by atoms with E-state index in [9.17, 15) is 4.79 Å². The first-order valence-electron chi connectivity index (χ1n) is 6.79. The van der Waals surface area contributed by atoms with Crippen LogP contribution < -0.4 is 11.1 Å². The molecule has 0 bridgehead atoms. The van der Waals surface area contributed by atoms with Crippen LogP contribution in [0.4, 0.5) is 5.69 Å². The lowest BCUT2D eigenvalue weighted by atomic mass is 10.1. The van der Waals surface area contributed by atoms with E-state index in [0.717, 1.165) is 27.4 Å². The zero-order chi connectivity index (χ0) is 14.5. The summed E-state index contributed by atoms with van der Waals surface area (Å²) >= 11 is 3.53. The van der Waals surface area contributed by atoms with Gasteiger partial charge in [0, 0.05) is 22.0 Å². The van der Waals surface area contributed by atoms with Crippen molar-refractivity contribution < 1.29 is 4.79 Å². The molecule has 0 fully saturated rings. The van der Waals surface area contributed by atoms with Gasteiger partial charge >= 0.3 is 0 Å². The van der Waals surface area contributed by atoms with Gasteiger partial charge in [-0.05, 0) is 36.4 Å². The van der Waals surface area contributed by atoms with Gasteiger partial charge in [0.25, 0.3) is 0 Å². The molecule has 0 radical (unpaired) electrons. The fourth-order valence-corrected chi connectivity index (χ4v) is 2.56. The maximum absolute atomic E-state index is 12.0. The second-order valence-corrected chi connectivity index (χ2v) is 5.92. The Morgan fingerprint density at radius 3 is 2.65 bits per heavy atom. The summed E-state index contributed by atoms with van der Waals surface area (Å²) in [6, 6.07) is 11.9. The van der Waals surface area contributed by atoms with Crippen LogP contribution in [0.3, 0.4) is 0 Å². The van der Waals surface area contributed by atoms with Gasteiger partial charge in [-0.2, -0.15) is 0 Å².